The number of aromatic nitrogens is 2. The summed E-state index contributed by atoms with van der Waals surface area (Å²) in [6, 6.07) is 3.84. The Morgan fingerprint density at radius 1 is 1.50 bits per heavy atom. The van der Waals surface area contributed by atoms with Crippen molar-refractivity contribution in [1.82, 2.24) is 10.1 Å². The van der Waals surface area contributed by atoms with E-state index in [-0.39, 0.29) is 16.5 Å². The Balaban J connectivity index is 2.46. The van der Waals surface area contributed by atoms with Crippen LogP contribution < -0.4 is 0 Å². The van der Waals surface area contributed by atoms with Crippen molar-refractivity contribution in [3.8, 4) is 11.5 Å². The number of rotatable bonds is 2. The van der Waals surface area contributed by atoms with Gasteiger partial charge in [0.1, 0.15) is 5.82 Å². The maximum Gasteiger partial charge on any atom is 0.377 e. The summed E-state index contributed by atoms with van der Waals surface area (Å²) in [5.41, 5.74) is 0.00407. The first-order valence-corrected chi connectivity index (χ1v) is 4.48. The molecule has 1 aromatic carbocycles. The van der Waals surface area contributed by atoms with Gasteiger partial charge in [0.15, 0.2) is 0 Å². The van der Waals surface area contributed by atoms with Gasteiger partial charge in [0, 0.05) is 5.02 Å². The SMILES string of the molecule is O=C(O)c1noc(-c2ccc(Cl)cc2F)n1. The van der Waals surface area contributed by atoms with Crippen LogP contribution in [-0.2, 0) is 0 Å². The van der Waals surface area contributed by atoms with Crippen molar-refractivity contribution < 1.29 is 18.8 Å². The average Bonchev–Trinajstić information content (AvgIpc) is 2.66. The molecule has 0 saturated heterocycles. The number of carboxylic acids is 1. The molecule has 2 aromatic rings. The van der Waals surface area contributed by atoms with Crippen molar-refractivity contribution in [1.29, 1.82) is 0 Å². The van der Waals surface area contributed by atoms with Crippen LogP contribution in [0.4, 0.5) is 4.39 Å². The third-order valence-electron chi connectivity index (χ3n) is 1.78. The molecule has 0 atom stereocenters. The molecule has 7 heteroatoms. The topological polar surface area (TPSA) is 76.2 Å². The predicted molar refractivity (Wildman–Crippen MR) is 51.7 cm³/mol. The molecule has 0 fully saturated rings. The summed E-state index contributed by atoms with van der Waals surface area (Å²) in [7, 11) is 0. The number of aromatic carboxylic acids is 1. The van der Waals surface area contributed by atoms with E-state index in [1.165, 1.54) is 12.1 Å². The summed E-state index contributed by atoms with van der Waals surface area (Å²) in [5, 5.41) is 12.0. The second-order valence-corrected chi connectivity index (χ2v) is 3.29. The van der Waals surface area contributed by atoms with Gasteiger partial charge in [0.25, 0.3) is 11.7 Å². The molecule has 0 saturated carbocycles. The van der Waals surface area contributed by atoms with Crippen LogP contribution in [0.2, 0.25) is 5.02 Å². The molecule has 0 aliphatic rings. The fraction of sp³-hybridized carbons (Fsp3) is 0. The highest BCUT2D eigenvalue weighted by molar-refractivity contribution is 6.30. The standard InChI is InChI=1S/C9H4ClFN2O3/c10-4-1-2-5(6(11)3-4)8-12-7(9(14)15)13-16-8/h1-3H,(H,14,15). The van der Waals surface area contributed by atoms with Crippen LogP contribution in [0.25, 0.3) is 11.5 Å². The van der Waals surface area contributed by atoms with Crippen molar-refractivity contribution in [2.45, 2.75) is 0 Å². The predicted octanol–water partition coefficient (Wildman–Crippen LogP) is 2.23. The number of nitrogens with zero attached hydrogens (tertiary/aromatic N) is 2. The maximum absolute atomic E-state index is 13.4. The van der Waals surface area contributed by atoms with Crippen LogP contribution in [-0.4, -0.2) is 21.2 Å². The molecule has 5 nitrogen and oxygen atoms in total. The molecule has 16 heavy (non-hydrogen) atoms. The summed E-state index contributed by atoms with van der Waals surface area (Å²) in [6.07, 6.45) is 0. The van der Waals surface area contributed by atoms with Crippen molar-refractivity contribution >= 4 is 17.6 Å². The lowest BCUT2D eigenvalue weighted by atomic mass is 10.2. The van der Waals surface area contributed by atoms with Gasteiger partial charge in [-0.25, -0.2) is 9.18 Å². The van der Waals surface area contributed by atoms with Crippen molar-refractivity contribution in [2.75, 3.05) is 0 Å². The van der Waals surface area contributed by atoms with Crippen LogP contribution in [0, 0.1) is 5.82 Å². The molecule has 1 aromatic heterocycles. The number of carboxylic acid groups (broad SMARTS) is 1. The summed E-state index contributed by atoms with van der Waals surface area (Å²) < 4.78 is 18.0. The maximum atomic E-state index is 13.4. The minimum atomic E-state index is -1.34. The fourth-order valence-corrected chi connectivity index (χ4v) is 1.24. The number of hydrogen-bond donors (Lipinski definition) is 1. The minimum absolute atomic E-state index is 0.00407. The number of carbonyl (C=O) groups is 1. The third-order valence-corrected chi connectivity index (χ3v) is 2.01. The highest BCUT2D eigenvalue weighted by atomic mass is 35.5. The highest BCUT2D eigenvalue weighted by Gasteiger charge is 2.16. The Labute approximate surface area is 93.5 Å². The van der Waals surface area contributed by atoms with Gasteiger partial charge in [-0.05, 0) is 23.4 Å². The second kappa shape index (κ2) is 3.90. The van der Waals surface area contributed by atoms with E-state index in [0.717, 1.165) is 6.07 Å². The molecule has 1 N–H and O–H groups in total. The van der Waals surface area contributed by atoms with E-state index in [4.69, 9.17) is 16.7 Å². The van der Waals surface area contributed by atoms with Gasteiger partial charge in [-0.3, -0.25) is 0 Å². The first-order chi connectivity index (χ1) is 7.58. The van der Waals surface area contributed by atoms with E-state index < -0.39 is 17.6 Å². The van der Waals surface area contributed by atoms with Crippen LogP contribution in [0.1, 0.15) is 10.6 Å². The molecule has 2 rings (SSSR count). The van der Waals surface area contributed by atoms with Crippen molar-refractivity contribution in [3.05, 3.63) is 34.9 Å². The van der Waals surface area contributed by atoms with Gasteiger partial charge in [0.2, 0.25) is 0 Å². The summed E-state index contributed by atoms with van der Waals surface area (Å²) in [4.78, 5) is 14.0. The number of benzene rings is 1. The minimum Gasteiger partial charge on any atom is -0.475 e. The zero-order valence-corrected chi connectivity index (χ0v) is 8.40. The number of hydrogen-bond acceptors (Lipinski definition) is 4. The van der Waals surface area contributed by atoms with E-state index in [9.17, 15) is 9.18 Å². The normalized spacial score (nSPS) is 10.4. The van der Waals surface area contributed by atoms with Crippen molar-refractivity contribution in [3.63, 3.8) is 0 Å². The quantitative estimate of drug-likeness (QED) is 0.874. The third kappa shape index (κ3) is 1.87. The molecule has 0 amide bonds. The molecule has 82 valence electrons. The number of halogens is 2. The van der Waals surface area contributed by atoms with E-state index in [0.29, 0.717) is 0 Å². The Hall–Kier alpha value is -1.95. The van der Waals surface area contributed by atoms with Gasteiger partial charge in [-0.15, -0.1) is 0 Å². The molecule has 1 heterocycles. The van der Waals surface area contributed by atoms with E-state index in [2.05, 4.69) is 14.7 Å². The van der Waals surface area contributed by atoms with E-state index >= 15 is 0 Å². The smallest absolute Gasteiger partial charge is 0.377 e. The molecular weight excluding hydrogens is 239 g/mol. The van der Waals surface area contributed by atoms with Gasteiger partial charge in [-0.2, -0.15) is 4.98 Å². The Morgan fingerprint density at radius 2 is 2.25 bits per heavy atom. The first kappa shape index (κ1) is 10.6. The van der Waals surface area contributed by atoms with Crippen molar-refractivity contribution in [2.24, 2.45) is 0 Å². The lowest BCUT2D eigenvalue weighted by molar-refractivity contribution is 0.0680. The van der Waals surface area contributed by atoms with Crippen LogP contribution in [0.5, 0.6) is 0 Å². The first-order valence-electron chi connectivity index (χ1n) is 4.10. The largest absolute Gasteiger partial charge is 0.475 e. The zero-order chi connectivity index (χ0) is 11.7. The van der Waals surface area contributed by atoms with Crippen LogP contribution in [0.3, 0.4) is 0 Å². The lowest BCUT2D eigenvalue weighted by Crippen LogP contribution is -1.98. The Kier molecular flexibility index (Phi) is 2.57. The highest BCUT2D eigenvalue weighted by Crippen LogP contribution is 2.23. The molecule has 0 radical (unpaired) electrons. The Bertz CT molecular complexity index is 555. The zero-order valence-electron chi connectivity index (χ0n) is 7.65. The summed E-state index contributed by atoms with van der Waals surface area (Å²) in [6.45, 7) is 0. The summed E-state index contributed by atoms with van der Waals surface area (Å²) in [5.74, 6) is -2.73. The monoisotopic (exact) mass is 242 g/mol. The van der Waals surface area contributed by atoms with E-state index in [1.54, 1.807) is 0 Å². The second-order valence-electron chi connectivity index (χ2n) is 2.85. The molecule has 0 unspecified atom stereocenters. The van der Waals surface area contributed by atoms with Crippen LogP contribution in [0.15, 0.2) is 22.7 Å². The van der Waals surface area contributed by atoms with Gasteiger partial charge < -0.3 is 9.63 Å². The molecule has 0 bridgehead atoms. The lowest BCUT2D eigenvalue weighted by Gasteiger charge is -1.96. The van der Waals surface area contributed by atoms with E-state index in [1.807, 2.05) is 0 Å². The fourth-order valence-electron chi connectivity index (χ4n) is 1.08. The van der Waals surface area contributed by atoms with Gasteiger partial charge in [0.05, 0.1) is 5.56 Å². The van der Waals surface area contributed by atoms with Gasteiger partial charge >= 0.3 is 5.97 Å². The van der Waals surface area contributed by atoms with Gasteiger partial charge in [-0.1, -0.05) is 11.6 Å². The molecular formula is C9H4ClFN2O3. The summed E-state index contributed by atoms with van der Waals surface area (Å²) >= 11 is 5.56. The molecule has 0 aliphatic carbocycles. The molecule has 0 spiro atoms. The molecule has 0 aliphatic heterocycles. The Morgan fingerprint density at radius 3 is 2.81 bits per heavy atom. The average molecular weight is 243 g/mol. The van der Waals surface area contributed by atoms with Crippen LogP contribution >= 0.6 is 11.6 Å².